The zero-order chi connectivity index (χ0) is 13.3. The van der Waals surface area contributed by atoms with E-state index in [-0.39, 0.29) is 7.92 Å². The van der Waals surface area contributed by atoms with Gasteiger partial charge in [0, 0.05) is 0 Å². The smallest absolute Gasteiger partial charge is 0.115 e. The molecule has 1 N–H and O–H groups in total. The van der Waals surface area contributed by atoms with Crippen molar-refractivity contribution < 1.29 is 5.11 Å². The summed E-state index contributed by atoms with van der Waals surface area (Å²) in [6.07, 6.45) is 1.08. The molecule has 0 aliphatic heterocycles. The van der Waals surface area contributed by atoms with Crippen LogP contribution in [0.5, 0.6) is 5.75 Å². The van der Waals surface area contributed by atoms with Gasteiger partial charge in [-0.3, -0.25) is 0 Å². The van der Waals surface area contributed by atoms with Crippen LogP contribution >= 0.6 is 7.92 Å². The van der Waals surface area contributed by atoms with E-state index in [1.807, 2.05) is 12.1 Å². The zero-order valence-electron chi connectivity index (χ0n) is 11.9. The molecule has 0 aliphatic rings. The van der Waals surface area contributed by atoms with E-state index in [9.17, 15) is 5.11 Å². The van der Waals surface area contributed by atoms with E-state index >= 15 is 0 Å². The number of hydrogen-bond acceptors (Lipinski definition) is 1. The Labute approximate surface area is 107 Å². The fraction of sp³-hybridized carbons (Fsp3) is 0.600. The predicted molar refractivity (Wildman–Crippen MR) is 78.2 cm³/mol. The van der Waals surface area contributed by atoms with E-state index in [2.05, 4.69) is 47.6 Å². The molecule has 0 saturated heterocycles. The van der Waals surface area contributed by atoms with Crippen molar-refractivity contribution in [3.8, 4) is 5.75 Å². The highest BCUT2D eigenvalue weighted by Crippen LogP contribution is 2.61. The first-order valence-electron chi connectivity index (χ1n) is 6.16. The van der Waals surface area contributed by atoms with Gasteiger partial charge >= 0.3 is 0 Å². The zero-order valence-corrected chi connectivity index (χ0v) is 12.8. The highest BCUT2D eigenvalue weighted by Gasteiger charge is 2.33. The molecule has 0 amide bonds. The van der Waals surface area contributed by atoms with Crippen molar-refractivity contribution in [3.05, 3.63) is 29.8 Å². The van der Waals surface area contributed by atoms with Crippen molar-refractivity contribution in [1.29, 1.82) is 0 Å². The van der Waals surface area contributed by atoms with Crippen molar-refractivity contribution >= 4 is 7.92 Å². The summed E-state index contributed by atoms with van der Waals surface area (Å²) in [7, 11) is -0.143. The molecule has 1 nitrogen and oxygen atoms in total. The molecule has 0 spiro atoms. The molecule has 0 unspecified atom stereocenters. The molecule has 0 aliphatic carbocycles. The summed E-state index contributed by atoms with van der Waals surface area (Å²) >= 11 is 0. The Morgan fingerprint density at radius 2 is 1.53 bits per heavy atom. The minimum Gasteiger partial charge on any atom is -0.508 e. The molecule has 17 heavy (non-hydrogen) atoms. The van der Waals surface area contributed by atoms with Crippen molar-refractivity contribution in [2.75, 3.05) is 0 Å². The van der Waals surface area contributed by atoms with E-state index in [4.69, 9.17) is 0 Å². The van der Waals surface area contributed by atoms with Crippen LogP contribution in [0.3, 0.4) is 0 Å². The van der Waals surface area contributed by atoms with Gasteiger partial charge in [-0.05, 0) is 34.2 Å². The second kappa shape index (κ2) is 4.98. The fourth-order valence-corrected chi connectivity index (χ4v) is 5.84. The van der Waals surface area contributed by atoms with Crippen molar-refractivity contribution in [1.82, 2.24) is 0 Å². The molecule has 1 aromatic rings. The van der Waals surface area contributed by atoms with Crippen molar-refractivity contribution in [2.24, 2.45) is 0 Å². The van der Waals surface area contributed by atoms with Crippen LogP contribution in [0.4, 0.5) is 0 Å². The second-order valence-corrected chi connectivity index (χ2v) is 10.5. The molecular weight excluding hydrogens is 227 g/mol. The first-order chi connectivity index (χ1) is 7.60. The van der Waals surface area contributed by atoms with Gasteiger partial charge in [-0.1, -0.05) is 61.6 Å². The highest BCUT2D eigenvalue weighted by molar-refractivity contribution is 7.60. The van der Waals surface area contributed by atoms with Gasteiger partial charge in [0.2, 0.25) is 0 Å². The second-order valence-electron chi connectivity index (χ2n) is 6.60. The van der Waals surface area contributed by atoms with E-state index in [0.717, 1.165) is 6.16 Å². The van der Waals surface area contributed by atoms with Crippen molar-refractivity contribution in [2.45, 2.75) is 58.0 Å². The van der Waals surface area contributed by atoms with Crippen LogP contribution in [0.2, 0.25) is 0 Å². The molecular formula is C15H25OP. The van der Waals surface area contributed by atoms with Crippen LogP contribution in [0.1, 0.15) is 47.1 Å². The molecule has 0 heterocycles. The monoisotopic (exact) mass is 252 g/mol. The van der Waals surface area contributed by atoms with Gasteiger partial charge in [0.05, 0.1) is 0 Å². The maximum absolute atomic E-state index is 9.54. The SMILES string of the molecule is CC(C)(C)P(Cc1cccc(O)c1)C(C)(C)C. The Hall–Kier alpha value is -0.550. The lowest BCUT2D eigenvalue weighted by Crippen LogP contribution is -2.25. The number of aromatic hydroxyl groups is 1. The third-order valence-electron chi connectivity index (χ3n) is 2.87. The Morgan fingerprint density at radius 3 is 1.94 bits per heavy atom. The standard InChI is InChI=1S/C15H25OP/c1-14(2,3)17(15(4,5)6)11-12-8-7-9-13(16)10-12/h7-10,16H,11H2,1-6H3. The van der Waals surface area contributed by atoms with Crippen LogP contribution < -0.4 is 0 Å². The van der Waals surface area contributed by atoms with Crippen LogP contribution in [0.15, 0.2) is 24.3 Å². The number of phenolic OH excluding ortho intramolecular Hbond substituents is 1. The van der Waals surface area contributed by atoms with E-state index in [1.54, 1.807) is 6.07 Å². The molecule has 2 heteroatoms. The molecule has 0 atom stereocenters. The van der Waals surface area contributed by atoms with E-state index < -0.39 is 0 Å². The first-order valence-corrected chi connectivity index (χ1v) is 7.69. The first kappa shape index (κ1) is 14.5. The maximum atomic E-state index is 9.54. The van der Waals surface area contributed by atoms with Gasteiger partial charge in [-0.2, -0.15) is 0 Å². The summed E-state index contributed by atoms with van der Waals surface area (Å²) in [6.45, 7) is 14.0. The van der Waals surface area contributed by atoms with Gasteiger partial charge in [0.25, 0.3) is 0 Å². The number of phenols is 1. The maximum Gasteiger partial charge on any atom is 0.115 e. The van der Waals surface area contributed by atoms with Crippen LogP contribution in [-0.4, -0.2) is 15.4 Å². The molecule has 0 bridgehead atoms. The topological polar surface area (TPSA) is 20.2 Å². The average molecular weight is 252 g/mol. The fourth-order valence-electron chi connectivity index (χ4n) is 2.32. The molecule has 0 aromatic heterocycles. The minimum atomic E-state index is -0.143. The molecule has 1 aromatic carbocycles. The predicted octanol–water partition coefficient (Wildman–Crippen LogP) is 4.97. The largest absolute Gasteiger partial charge is 0.508 e. The van der Waals surface area contributed by atoms with Gasteiger partial charge in [0.15, 0.2) is 0 Å². The summed E-state index contributed by atoms with van der Waals surface area (Å²) in [6, 6.07) is 7.68. The average Bonchev–Trinajstić information content (AvgIpc) is 2.10. The van der Waals surface area contributed by atoms with Crippen LogP contribution in [-0.2, 0) is 6.16 Å². The summed E-state index contributed by atoms with van der Waals surface area (Å²) in [4.78, 5) is 0. The summed E-state index contributed by atoms with van der Waals surface area (Å²) in [5, 5.41) is 10.2. The molecule has 96 valence electrons. The molecule has 0 radical (unpaired) electrons. The Kier molecular flexibility index (Phi) is 4.25. The van der Waals surface area contributed by atoms with Crippen molar-refractivity contribution in [3.63, 3.8) is 0 Å². The number of benzene rings is 1. The Bertz CT molecular complexity index is 357. The van der Waals surface area contributed by atoms with Gasteiger partial charge < -0.3 is 5.11 Å². The molecule has 0 fully saturated rings. The molecule has 0 saturated carbocycles. The normalized spacial score (nSPS) is 13.1. The third-order valence-corrected chi connectivity index (χ3v) is 6.79. The van der Waals surface area contributed by atoms with E-state index in [1.165, 1.54) is 5.56 Å². The van der Waals surface area contributed by atoms with Gasteiger partial charge in [0.1, 0.15) is 5.75 Å². The quantitative estimate of drug-likeness (QED) is 0.737. The lowest BCUT2D eigenvalue weighted by molar-refractivity contribution is 0.475. The van der Waals surface area contributed by atoms with Crippen LogP contribution in [0.25, 0.3) is 0 Å². The lowest BCUT2D eigenvalue weighted by Gasteiger charge is -2.41. The van der Waals surface area contributed by atoms with Crippen LogP contribution in [0, 0.1) is 0 Å². The van der Waals surface area contributed by atoms with Gasteiger partial charge in [-0.15, -0.1) is 0 Å². The number of hydrogen-bond donors (Lipinski definition) is 1. The summed E-state index contributed by atoms with van der Waals surface area (Å²) in [5.74, 6) is 0.375. The third kappa shape index (κ3) is 4.32. The number of rotatable bonds is 2. The molecule has 1 rings (SSSR count). The van der Waals surface area contributed by atoms with Gasteiger partial charge in [-0.25, -0.2) is 0 Å². The van der Waals surface area contributed by atoms with E-state index in [0.29, 0.717) is 16.1 Å². The Morgan fingerprint density at radius 1 is 1.00 bits per heavy atom. The minimum absolute atomic E-state index is 0.143. The summed E-state index contributed by atoms with van der Waals surface area (Å²) in [5.41, 5.74) is 1.25. The highest BCUT2D eigenvalue weighted by atomic mass is 31.1. The summed E-state index contributed by atoms with van der Waals surface area (Å²) < 4.78 is 0. The lowest BCUT2D eigenvalue weighted by atomic mass is 10.2. The Balaban J connectivity index is 2.96.